The number of fused-ring (bicyclic) bond motifs is 1. The maximum absolute atomic E-state index is 12.4. The van der Waals surface area contributed by atoms with Crippen LogP contribution in [-0.4, -0.2) is 15.8 Å². The van der Waals surface area contributed by atoms with E-state index in [1.807, 2.05) is 25.1 Å². The fraction of sp³-hybridized carbons (Fsp3) is 0.0625. The van der Waals surface area contributed by atoms with Crippen LogP contribution in [0.1, 0.15) is 21.6 Å². The molecule has 0 fully saturated rings. The second-order valence-electron chi connectivity index (χ2n) is 4.63. The van der Waals surface area contributed by atoms with Gasteiger partial charge in [-0.1, -0.05) is 35.9 Å². The second-order valence-corrected chi connectivity index (χ2v) is 4.63. The minimum atomic E-state index is -0.463. The van der Waals surface area contributed by atoms with Crippen LogP contribution in [0.3, 0.4) is 0 Å². The maximum atomic E-state index is 12.4. The number of aromatic amines is 1. The molecular formula is C16H12N2O2. The van der Waals surface area contributed by atoms with Crippen molar-refractivity contribution in [1.29, 1.82) is 0 Å². The zero-order valence-corrected chi connectivity index (χ0v) is 10.9. The third-order valence-corrected chi connectivity index (χ3v) is 3.09. The predicted molar refractivity (Wildman–Crippen MR) is 77.0 cm³/mol. The van der Waals surface area contributed by atoms with Gasteiger partial charge in [-0.3, -0.25) is 9.59 Å². The lowest BCUT2D eigenvalue weighted by atomic mass is 10.1. The van der Waals surface area contributed by atoms with Crippen LogP contribution in [0.4, 0.5) is 0 Å². The molecule has 0 aliphatic rings. The summed E-state index contributed by atoms with van der Waals surface area (Å²) in [6, 6.07) is 14.3. The number of carbonyl (C=O) groups excluding carboxylic acids is 1. The number of hydrogen-bond donors (Lipinski definition) is 1. The van der Waals surface area contributed by atoms with Crippen molar-refractivity contribution in [2.24, 2.45) is 0 Å². The Morgan fingerprint density at radius 3 is 2.70 bits per heavy atom. The molecule has 3 aromatic rings. The highest BCUT2D eigenvalue weighted by atomic mass is 16.1. The first kappa shape index (κ1) is 12.3. The first-order chi connectivity index (χ1) is 9.65. The standard InChI is InChI=1S/C16H12N2O2/c1-10-5-4-6-11(9-10)15(19)14-16(20)18-13-8-3-2-7-12(13)17-14/h2-9H,1H3,(H,18,20). The number of ketones is 1. The molecule has 4 nitrogen and oxygen atoms in total. The van der Waals surface area contributed by atoms with E-state index in [9.17, 15) is 9.59 Å². The topological polar surface area (TPSA) is 62.8 Å². The molecule has 0 atom stereocenters. The van der Waals surface area contributed by atoms with Gasteiger partial charge in [0.1, 0.15) is 0 Å². The number of aromatic nitrogens is 2. The number of nitrogens with one attached hydrogen (secondary N) is 1. The van der Waals surface area contributed by atoms with Gasteiger partial charge in [-0.25, -0.2) is 4.98 Å². The van der Waals surface area contributed by atoms with Gasteiger partial charge in [-0.15, -0.1) is 0 Å². The van der Waals surface area contributed by atoms with Gasteiger partial charge < -0.3 is 4.98 Å². The number of rotatable bonds is 2. The summed E-state index contributed by atoms with van der Waals surface area (Å²) in [5.41, 5.74) is 2.12. The van der Waals surface area contributed by atoms with Gasteiger partial charge in [0.05, 0.1) is 11.0 Å². The lowest BCUT2D eigenvalue weighted by Crippen LogP contribution is -2.20. The molecule has 0 bridgehead atoms. The molecule has 3 rings (SSSR count). The minimum absolute atomic E-state index is 0.0747. The Balaban J connectivity index is 2.17. The third-order valence-electron chi connectivity index (χ3n) is 3.09. The van der Waals surface area contributed by atoms with Gasteiger partial charge >= 0.3 is 0 Å². The summed E-state index contributed by atoms with van der Waals surface area (Å²) in [7, 11) is 0. The van der Waals surface area contributed by atoms with Crippen LogP contribution < -0.4 is 5.56 Å². The average Bonchev–Trinajstić information content (AvgIpc) is 2.46. The monoisotopic (exact) mass is 264 g/mol. The Labute approximate surface area is 115 Å². The molecule has 0 saturated heterocycles. The summed E-state index contributed by atoms with van der Waals surface area (Å²) in [5, 5.41) is 0. The van der Waals surface area contributed by atoms with Gasteiger partial charge in [0, 0.05) is 5.56 Å². The highest BCUT2D eigenvalue weighted by molar-refractivity contribution is 6.08. The van der Waals surface area contributed by atoms with Crippen LogP contribution in [0.2, 0.25) is 0 Å². The molecule has 0 aliphatic heterocycles. The normalized spacial score (nSPS) is 10.7. The smallest absolute Gasteiger partial charge is 0.278 e. The lowest BCUT2D eigenvalue weighted by Gasteiger charge is -2.03. The van der Waals surface area contributed by atoms with Crippen molar-refractivity contribution in [2.75, 3.05) is 0 Å². The molecule has 0 aliphatic carbocycles. The zero-order valence-electron chi connectivity index (χ0n) is 10.9. The van der Waals surface area contributed by atoms with E-state index in [-0.39, 0.29) is 11.5 Å². The van der Waals surface area contributed by atoms with E-state index in [2.05, 4.69) is 9.97 Å². The van der Waals surface area contributed by atoms with E-state index < -0.39 is 5.56 Å². The molecule has 2 aromatic carbocycles. The van der Waals surface area contributed by atoms with E-state index in [1.165, 1.54) is 0 Å². The summed E-state index contributed by atoms with van der Waals surface area (Å²) >= 11 is 0. The molecule has 1 aromatic heterocycles. The maximum Gasteiger partial charge on any atom is 0.278 e. The highest BCUT2D eigenvalue weighted by Crippen LogP contribution is 2.10. The van der Waals surface area contributed by atoms with Gasteiger partial charge in [-0.05, 0) is 25.1 Å². The van der Waals surface area contributed by atoms with Gasteiger partial charge in [0.2, 0.25) is 5.78 Å². The largest absolute Gasteiger partial charge is 0.319 e. The van der Waals surface area contributed by atoms with Crippen LogP contribution in [0, 0.1) is 6.92 Å². The summed E-state index contributed by atoms with van der Waals surface area (Å²) < 4.78 is 0. The number of nitrogens with zero attached hydrogens (tertiary/aromatic N) is 1. The molecular weight excluding hydrogens is 252 g/mol. The van der Waals surface area contributed by atoms with E-state index in [1.54, 1.807) is 30.3 Å². The van der Waals surface area contributed by atoms with Crippen molar-refractivity contribution in [2.45, 2.75) is 6.92 Å². The number of benzene rings is 2. The molecule has 1 N–H and O–H groups in total. The quantitative estimate of drug-likeness (QED) is 0.723. The Hall–Kier alpha value is -2.75. The molecule has 4 heteroatoms. The number of para-hydroxylation sites is 2. The summed E-state index contributed by atoms with van der Waals surface area (Å²) in [4.78, 5) is 31.2. The lowest BCUT2D eigenvalue weighted by molar-refractivity contribution is 0.103. The Kier molecular flexibility index (Phi) is 2.91. The first-order valence-corrected chi connectivity index (χ1v) is 6.25. The number of carbonyl (C=O) groups is 1. The second kappa shape index (κ2) is 4.74. The minimum Gasteiger partial charge on any atom is -0.319 e. The zero-order chi connectivity index (χ0) is 14.1. The van der Waals surface area contributed by atoms with Crippen molar-refractivity contribution in [3.63, 3.8) is 0 Å². The Morgan fingerprint density at radius 1 is 1.10 bits per heavy atom. The predicted octanol–water partition coefficient (Wildman–Crippen LogP) is 2.46. The molecule has 0 radical (unpaired) electrons. The van der Waals surface area contributed by atoms with E-state index >= 15 is 0 Å². The SMILES string of the molecule is Cc1cccc(C(=O)c2nc3ccccc3[nH]c2=O)c1. The van der Waals surface area contributed by atoms with E-state index in [4.69, 9.17) is 0 Å². The Bertz CT molecular complexity index is 865. The van der Waals surface area contributed by atoms with Crippen LogP contribution in [-0.2, 0) is 0 Å². The molecule has 0 saturated carbocycles. The van der Waals surface area contributed by atoms with Crippen molar-refractivity contribution in [1.82, 2.24) is 9.97 Å². The van der Waals surface area contributed by atoms with Gasteiger partial charge in [0.25, 0.3) is 5.56 Å². The van der Waals surface area contributed by atoms with Crippen LogP contribution in [0.25, 0.3) is 11.0 Å². The fourth-order valence-corrected chi connectivity index (χ4v) is 2.11. The fourth-order valence-electron chi connectivity index (χ4n) is 2.11. The molecule has 0 unspecified atom stereocenters. The summed E-state index contributed by atoms with van der Waals surface area (Å²) in [6.45, 7) is 1.90. The van der Waals surface area contributed by atoms with Gasteiger partial charge in [0.15, 0.2) is 5.69 Å². The van der Waals surface area contributed by atoms with Crippen LogP contribution in [0.5, 0.6) is 0 Å². The average molecular weight is 264 g/mol. The molecule has 98 valence electrons. The summed E-state index contributed by atoms with van der Waals surface area (Å²) in [5.74, 6) is -0.360. The van der Waals surface area contributed by atoms with Crippen molar-refractivity contribution in [3.8, 4) is 0 Å². The van der Waals surface area contributed by atoms with Crippen molar-refractivity contribution in [3.05, 3.63) is 75.7 Å². The molecule has 0 spiro atoms. The Morgan fingerprint density at radius 2 is 1.90 bits per heavy atom. The van der Waals surface area contributed by atoms with E-state index in [0.717, 1.165) is 5.56 Å². The molecule has 20 heavy (non-hydrogen) atoms. The van der Waals surface area contributed by atoms with Crippen molar-refractivity contribution < 1.29 is 4.79 Å². The number of hydrogen-bond acceptors (Lipinski definition) is 3. The third kappa shape index (κ3) is 2.12. The van der Waals surface area contributed by atoms with Crippen molar-refractivity contribution >= 4 is 16.8 Å². The first-order valence-electron chi connectivity index (χ1n) is 6.25. The van der Waals surface area contributed by atoms with Crippen LogP contribution in [0.15, 0.2) is 53.3 Å². The van der Waals surface area contributed by atoms with E-state index in [0.29, 0.717) is 16.6 Å². The molecule has 0 amide bonds. The number of H-pyrrole nitrogens is 1. The number of aryl methyl sites for hydroxylation is 1. The molecule has 1 heterocycles. The summed E-state index contributed by atoms with van der Waals surface area (Å²) in [6.07, 6.45) is 0. The van der Waals surface area contributed by atoms with Crippen LogP contribution >= 0.6 is 0 Å². The highest BCUT2D eigenvalue weighted by Gasteiger charge is 2.15. The van der Waals surface area contributed by atoms with Gasteiger partial charge in [-0.2, -0.15) is 0 Å².